The molecule has 1 rings (SSSR count). The highest BCUT2D eigenvalue weighted by Crippen LogP contribution is 2.25. The van der Waals surface area contributed by atoms with E-state index in [1.54, 1.807) is 25.3 Å². The molecule has 1 aromatic carbocycles. The van der Waals surface area contributed by atoms with Crippen molar-refractivity contribution in [2.24, 2.45) is 0 Å². The van der Waals surface area contributed by atoms with Crippen molar-refractivity contribution in [2.75, 3.05) is 13.7 Å². The zero-order valence-electron chi connectivity index (χ0n) is 9.40. The predicted molar refractivity (Wildman–Crippen MR) is 63.4 cm³/mol. The second kappa shape index (κ2) is 6.51. The standard InChI is InChI=1S/C12H15ClO3/c1-9(6-7-15-2)16-12-5-3-4-11(13)10(12)8-14/h3-5,8-9H,6-7H2,1-2H3. The molecule has 3 nitrogen and oxygen atoms in total. The summed E-state index contributed by atoms with van der Waals surface area (Å²) in [5.74, 6) is 0.520. The lowest BCUT2D eigenvalue weighted by Gasteiger charge is -2.15. The maximum atomic E-state index is 10.9. The Kier molecular flexibility index (Phi) is 5.29. The van der Waals surface area contributed by atoms with Gasteiger partial charge in [0, 0.05) is 20.1 Å². The highest BCUT2D eigenvalue weighted by atomic mass is 35.5. The number of rotatable bonds is 6. The predicted octanol–water partition coefficient (Wildman–Crippen LogP) is 2.96. The van der Waals surface area contributed by atoms with Gasteiger partial charge in [-0.1, -0.05) is 17.7 Å². The van der Waals surface area contributed by atoms with Gasteiger partial charge in [-0.2, -0.15) is 0 Å². The van der Waals surface area contributed by atoms with Gasteiger partial charge in [0.15, 0.2) is 6.29 Å². The van der Waals surface area contributed by atoms with Crippen molar-refractivity contribution in [3.05, 3.63) is 28.8 Å². The van der Waals surface area contributed by atoms with E-state index in [9.17, 15) is 4.79 Å². The molecule has 0 fully saturated rings. The first-order chi connectivity index (χ1) is 7.69. The first-order valence-corrected chi connectivity index (χ1v) is 5.46. The molecule has 4 heteroatoms. The Morgan fingerprint density at radius 3 is 2.88 bits per heavy atom. The molecular formula is C12H15ClO3. The van der Waals surface area contributed by atoms with Gasteiger partial charge in [0.2, 0.25) is 0 Å². The van der Waals surface area contributed by atoms with Gasteiger partial charge in [0.05, 0.1) is 16.7 Å². The first kappa shape index (κ1) is 13.0. The number of ether oxygens (including phenoxy) is 2. The summed E-state index contributed by atoms with van der Waals surface area (Å²) in [5, 5.41) is 0.409. The Bertz CT molecular complexity index is 352. The van der Waals surface area contributed by atoms with Crippen LogP contribution in [-0.2, 0) is 4.74 Å². The average Bonchev–Trinajstić information content (AvgIpc) is 2.27. The summed E-state index contributed by atoms with van der Waals surface area (Å²) in [5.41, 5.74) is 0.397. The summed E-state index contributed by atoms with van der Waals surface area (Å²) in [6.07, 6.45) is 1.46. The maximum absolute atomic E-state index is 10.9. The Morgan fingerprint density at radius 1 is 1.50 bits per heavy atom. The molecule has 0 bridgehead atoms. The molecule has 0 amide bonds. The Balaban J connectivity index is 2.72. The van der Waals surface area contributed by atoms with Gasteiger partial charge in [-0.25, -0.2) is 0 Å². The Morgan fingerprint density at radius 2 is 2.25 bits per heavy atom. The molecule has 1 atom stereocenters. The minimum atomic E-state index is -0.0166. The van der Waals surface area contributed by atoms with Crippen molar-refractivity contribution in [1.82, 2.24) is 0 Å². The number of benzene rings is 1. The lowest BCUT2D eigenvalue weighted by atomic mass is 10.2. The van der Waals surface area contributed by atoms with Crippen molar-refractivity contribution in [1.29, 1.82) is 0 Å². The Hall–Kier alpha value is -1.06. The third-order valence-electron chi connectivity index (χ3n) is 2.19. The van der Waals surface area contributed by atoms with E-state index in [0.717, 1.165) is 6.42 Å². The summed E-state index contributed by atoms with van der Waals surface area (Å²) in [4.78, 5) is 10.9. The number of methoxy groups -OCH3 is 1. The molecule has 0 aromatic heterocycles. The van der Waals surface area contributed by atoms with Crippen LogP contribution in [0, 0.1) is 0 Å². The number of hydrogen-bond acceptors (Lipinski definition) is 3. The van der Waals surface area contributed by atoms with Crippen LogP contribution in [0.3, 0.4) is 0 Å². The minimum absolute atomic E-state index is 0.0166. The van der Waals surface area contributed by atoms with E-state index in [0.29, 0.717) is 29.2 Å². The van der Waals surface area contributed by atoms with Crippen LogP contribution in [-0.4, -0.2) is 26.1 Å². The van der Waals surface area contributed by atoms with Crippen LogP contribution in [0.1, 0.15) is 23.7 Å². The van der Waals surface area contributed by atoms with Crippen LogP contribution in [0.25, 0.3) is 0 Å². The lowest BCUT2D eigenvalue weighted by molar-refractivity contribution is 0.111. The number of halogens is 1. The summed E-state index contributed by atoms with van der Waals surface area (Å²) in [6, 6.07) is 5.16. The second-order valence-electron chi connectivity index (χ2n) is 3.48. The second-order valence-corrected chi connectivity index (χ2v) is 3.89. The van der Waals surface area contributed by atoms with E-state index in [2.05, 4.69) is 0 Å². The molecule has 0 saturated carbocycles. The quantitative estimate of drug-likeness (QED) is 0.720. The van der Waals surface area contributed by atoms with Crippen LogP contribution in [0.4, 0.5) is 0 Å². The van der Waals surface area contributed by atoms with Gasteiger partial charge in [0.25, 0.3) is 0 Å². The van der Waals surface area contributed by atoms with Crippen LogP contribution >= 0.6 is 11.6 Å². The molecule has 0 aliphatic rings. The normalized spacial score (nSPS) is 12.2. The molecule has 88 valence electrons. The molecule has 0 aliphatic carbocycles. The summed E-state index contributed by atoms with van der Waals surface area (Å²) >= 11 is 5.88. The molecule has 0 aliphatic heterocycles. The molecule has 1 aromatic rings. The number of aldehydes is 1. The van der Waals surface area contributed by atoms with E-state index in [-0.39, 0.29) is 6.10 Å². The molecule has 1 unspecified atom stereocenters. The summed E-state index contributed by atoms with van der Waals surface area (Å²) in [7, 11) is 1.64. The molecule has 0 radical (unpaired) electrons. The van der Waals surface area contributed by atoms with Gasteiger partial charge in [-0.15, -0.1) is 0 Å². The zero-order valence-corrected chi connectivity index (χ0v) is 10.2. The van der Waals surface area contributed by atoms with Crippen LogP contribution in [0.15, 0.2) is 18.2 Å². The van der Waals surface area contributed by atoms with Crippen LogP contribution < -0.4 is 4.74 Å². The van der Waals surface area contributed by atoms with Crippen LogP contribution in [0.2, 0.25) is 5.02 Å². The van der Waals surface area contributed by atoms with Gasteiger partial charge in [-0.05, 0) is 19.1 Å². The number of hydrogen-bond donors (Lipinski definition) is 0. The molecule has 0 heterocycles. The zero-order chi connectivity index (χ0) is 12.0. The van der Waals surface area contributed by atoms with Gasteiger partial charge in [-0.3, -0.25) is 4.79 Å². The third-order valence-corrected chi connectivity index (χ3v) is 2.52. The topological polar surface area (TPSA) is 35.5 Å². The van der Waals surface area contributed by atoms with Crippen molar-refractivity contribution in [3.63, 3.8) is 0 Å². The monoisotopic (exact) mass is 242 g/mol. The largest absolute Gasteiger partial charge is 0.490 e. The summed E-state index contributed by atoms with van der Waals surface area (Å²) < 4.78 is 10.6. The lowest BCUT2D eigenvalue weighted by Crippen LogP contribution is -2.15. The highest BCUT2D eigenvalue weighted by Gasteiger charge is 2.10. The van der Waals surface area contributed by atoms with Gasteiger partial charge in [0.1, 0.15) is 5.75 Å². The van der Waals surface area contributed by atoms with Crippen molar-refractivity contribution >= 4 is 17.9 Å². The van der Waals surface area contributed by atoms with E-state index < -0.39 is 0 Å². The fraction of sp³-hybridized carbons (Fsp3) is 0.417. The fourth-order valence-electron chi connectivity index (χ4n) is 1.29. The van der Waals surface area contributed by atoms with Gasteiger partial charge >= 0.3 is 0 Å². The summed E-state index contributed by atoms with van der Waals surface area (Å²) in [6.45, 7) is 2.55. The fourth-order valence-corrected chi connectivity index (χ4v) is 1.50. The highest BCUT2D eigenvalue weighted by molar-refractivity contribution is 6.33. The molecule has 0 saturated heterocycles. The van der Waals surface area contributed by atoms with E-state index >= 15 is 0 Å². The first-order valence-electron chi connectivity index (χ1n) is 5.08. The van der Waals surface area contributed by atoms with Crippen molar-refractivity contribution in [3.8, 4) is 5.75 Å². The number of carbonyl (C=O) groups is 1. The number of carbonyl (C=O) groups excluding carboxylic acids is 1. The van der Waals surface area contributed by atoms with Gasteiger partial charge < -0.3 is 9.47 Å². The SMILES string of the molecule is COCCC(C)Oc1cccc(Cl)c1C=O. The van der Waals surface area contributed by atoms with E-state index in [4.69, 9.17) is 21.1 Å². The molecule has 16 heavy (non-hydrogen) atoms. The molecule has 0 spiro atoms. The van der Waals surface area contributed by atoms with E-state index in [1.165, 1.54) is 0 Å². The average molecular weight is 243 g/mol. The minimum Gasteiger partial charge on any atom is -0.490 e. The third kappa shape index (κ3) is 3.51. The van der Waals surface area contributed by atoms with Crippen LogP contribution in [0.5, 0.6) is 5.75 Å². The maximum Gasteiger partial charge on any atom is 0.155 e. The smallest absolute Gasteiger partial charge is 0.155 e. The van der Waals surface area contributed by atoms with Crippen molar-refractivity contribution < 1.29 is 14.3 Å². The van der Waals surface area contributed by atoms with E-state index in [1.807, 2.05) is 6.92 Å². The molecular weight excluding hydrogens is 228 g/mol. The Labute approximate surface area is 100 Å². The molecule has 0 N–H and O–H groups in total. The van der Waals surface area contributed by atoms with Crippen molar-refractivity contribution in [2.45, 2.75) is 19.4 Å².